The van der Waals surface area contributed by atoms with Crippen molar-refractivity contribution >= 4 is 38.9 Å². The minimum absolute atomic E-state index is 0.373. The van der Waals surface area contributed by atoms with Gasteiger partial charge in [0.25, 0.3) is 0 Å². The van der Waals surface area contributed by atoms with Crippen LogP contribution in [-0.2, 0) is 10.3 Å². The first-order chi connectivity index (χ1) is 8.88. The highest BCUT2D eigenvalue weighted by Gasteiger charge is 2.38. The SMILES string of the molecule is CC(N)(CCC1(C#N)CCOC1)c1sc(Br)cc1Cl. The van der Waals surface area contributed by atoms with Crippen LogP contribution in [0.1, 0.15) is 31.1 Å². The molecule has 2 heterocycles. The van der Waals surface area contributed by atoms with Crippen molar-refractivity contribution in [1.82, 2.24) is 0 Å². The Morgan fingerprint density at radius 1 is 1.74 bits per heavy atom. The third kappa shape index (κ3) is 3.32. The smallest absolute Gasteiger partial charge is 0.0829 e. The van der Waals surface area contributed by atoms with Crippen LogP contribution in [-0.4, -0.2) is 13.2 Å². The third-order valence-electron chi connectivity index (χ3n) is 3.64. The Kier molecular flexibility index (Phi) is 4.59. The summed E-state index contributed by atoms with van der Waals surface area (Å²) >= 11 is 11.2. The van der Waals surface area contributed by atoms with Crippen molar-refractivity contribution in [2.24, 2.45) is 11.1 Å². The van der Waals surface area contributed by atoms with E-state index in [1.807, 2.05) is 13.0 Å². The molecule has 0 aliphatic carbocycles. The zero-order valence-electron chi connectivity index (χ0n) is 10.7. The minimum Gasteiger partial charge on any atom is -0.380 e. The number of rotatable bonds is 4. The number of nitrogens with two attached hydrogens (primary N) is 1. The molecule has 19 heavy (non-hydrogen) atoms. The van der Waals surface area contributed by atoms with Gasteiger partial charge in [-0.3, -0.25) is 0 Å². The molecule has 2 unspecified atom stereocenters. The molecule has 0 saturated carbocycles. The fraction of sp³-hybridized carbons (Fsp3) is 0.615. The van der Waals surface area contributed by atoms with E-state index >= 15 is 0 Å². The van der Waals surface area contributed by atoms with Crippen LogP contribution in [0.5, 0.6) is 0 Å². The lowest BCUT2D eigenvalue weighted by molar-refractivity contribution is 0.164. The lowest BCUT2D eigenvalue weighted by Gasteiger charge is -2.28. The van der Waals surface area contributed by atoms with Gasteiger partial charge in [0.05, 0.1) is 26.9 Å². The van der Waals surface area contributed by atoms with Crippen molar-refractivity contribution in [2.45, 2.75) is 31.7 Å². The Balaban J connectivity index is 2.09. The first-order valence-corrected chi connectivity index (χ1v) is 8.10. The van der Waals surface area contributed by atoms with E-state index in [-0.39, 0.29) is 5.41 Å². The molecule has 0 aromatic carbocycles. The van der Waals surface area contributed by atoms with Crippen molar-refractivity contribution in [3.63, 3.8) is 0 Å². The van der Waals surface area contributed by atoms with Gasteiger partial charge >= 0.3 is 0 Å². The minimum atomic E-state index is -0.514. The van der Waals surface area contributed by atoms with Crippen LogP contribution < -0.4 is 5.73 Å². The van der Waals surface area contributed by atoms with Crippen LogP contribution >= 0.6 is 38.9 Å². The molecule has 104 valence electrons. The van der Waals surface area contributed by atoms with Gasteiger partial charge in [-0.05, 0) is 48.2 Å². The summed E-state index contributed by atoms with van der Waals surface area (Å²) in [6.45, 7) is 3.15. The summed E-state index contributed by atoms with van der Waals surface area (Å²) in [5.41, 5.74) is 5.51. The molecule has 0 radical (unpaired) electrons. The lowest BCUT2D eigenvalue weighted by atomic mass is 9.80. The molecule has 1 fully saturated rings. The predicted molar refractivity (Wildman–Crippen MR) is 81.3 cm³/mol. The van der Waals surface area contributed by atoms with Crippen LogP contribution in [0.4, 0.5) is 0 Å². The molecule has 1 aromatic heterocycles. The normalized spacial score (nSPS) is 26.1. The average Bonchev–Trinajstić information content (AvgIpc) is 2.95. The molecule has 1 aromatic rings. The largest absolute Gasteiger partial charge is 0.380 e. The van der Waals surface area contributed by atoms with Crippen LogP contribution in [0, 0.1) is 16.7 Å². The van der Waals surface area contributed by atoms with Gasteiger partial charge in [0.15, 0.2) is 0 Å². The number of nitriles is 1. The maximum Gasteiger partial charge on any atom is 0.0829 e. The Hall–Kier alpha value is -0.120. The molecule has 1 aliphatic heterocycles. The number of ether oxygens (including phenoxy) is 1. The Labute approximate surface area is 130 Å². The van der Waals surface area contributed by atoms with E-state index < -0.39 is 5.54 Å². The van der Waals surface area contributed by atoms with Gasteiger partial charge in [0.1, 0.15) is 0 Å². The fourth-order valence-corrected chi connectivity index (χ4v) is 4.51. The van der Waals surface area contributed by atoms with Crippen molar-refractivity contribution in [3.05, 3.63) is 19.8 Å². The van der Waals surface area contributed by atoms with Gasteiger partial charge in [0, 0.05) is 17.0 Å². The molecule has 2 atom stereocenters. The lowest BCUT2D eigenvalue weighted by Crippen LogP contribution is -2.34. The second-order valence-corrected chi connectivity index (χ2v) is 8.18. The van der Waals surface area contributed by atoms with Crippen molar-refractivity contribution in [2.75, 3.05) is 13.2 Å². The summed E-state index contributed by atoms with van der Waals surface area (Å²) in [4.78, 5) is 0.966. The Morgan fingerprint density at radius 3 is 2.95 bits per heavy atom. The number of thiophene rings is 1. The summed E-state index contributed by atoms with van der Waals surface area (Å²) in [7, 11) is 0. The topological polar surface area (TPSA) is 59.0 Å². The van der Waals surface area contributed by atoms with Gasteiger partial charge in [-0.15, -0.1) is 11.3 Å². The monoisotopic (exact) mass is 362 g/mol. The third-order valence-corrected chi connectivity index (χ3v) is 5.97. The van der Waals surface area contributed by atoms with E-state index in [0.717, 1.165) is 27.9 Å². The average molecular weight is 364 g/mol. The van der Waals surface area contributed by atoms with Crippen molar-refractivity contribution < 1.29 is 4.74 Å². The van der Waals surface area contributed by atoms with E-state index in [4.69, 9.17) is 22.1 Å². The van der Waals surface area contributed by atoms with E-state index in [1.54, 1.807) is 11.3 Å². The summed E-state index contributed by atoms with van der Waals surface area (Å²) < 4.78 is 6.33. The van der Waals surface area contributed by atoms with Gasteiger partial charge < -0.3 is 10.5 Å². The van der Waals surface area contributed by atoms with Gasteiger partial charge in [-0.2, -0.15) is 5.26 Å². The van der Waals surface area contributed by atoms with E-state index in [0.29, 0.717) is 18.2 Å². The first kappa shape index (κ1) is 15.3. The Morgan fingerprint density at radius 2 is 2.47 bits per heavy atom. The number of hydrogen-bond acceptors (Lipinski definition) is 4. The van der Waals surface area contributed by atoms with Crippen LogP contribution in [0.25, 0.3) is 0 Å². The maximum atomic E-state index is 9.34. The number of nitrogens with zero attached hydrogens (tertiary/aromatic N) is 1. The molecule has 0 spiro atoms. The molecule has 6 heteroatoms. The van der Waals surface area contributed by atoms with Gasteiger partial charge in [-0.25, -0.2) is 0 Å². The van der Waals surface area contributed by atoms with Crippen molar-refractivity contribution in [1.29, 1.82) is 5.26 Å². The molecule has 3 nitrogen and oxygen atoms in total. The van der Waals surface area contributed by atoms with Crippen LogP contribution in [0.15, 0.2) is 9.85 Å². The highest BCUT2D eigenvalue weighted by Crippen LogP contribution is 2.42. The van der Waals surface area contributed by atoms with Crippen LogP contribution in [0.2, 0.25) is 5.02 Å². The quantitative estimate of drug-likeness (QED) is 0.878. The summed E-state index contributed by atoms with van der Waals surface area (Å²) in [5, 5.41) is 10.0. The standard InChI is InChI=1S/C13H16BrClN2OS/c1-12(17,11-9(15)6-10(14)19-11)2-3-13(7-16)4-5-18-8-13/h6H,2-5,8,17H2,1H3. The summed E-state index contributed by atoms with van der Waals surface area (Å²) in [6, 6.07) is 4.27. The van der Waals surface area contributed by atoms with Crippen molar-refractivity contribution in [3.8, 4) is 6.07 Å². The predicted octanol–water partition coefficient (Wildman–Crippen LogP) is 4.05. The van der Waals surface area contributed by atoms with Gasteiger partial charge in [-0.1, -0.05) is 11.6 Å². The van der Waals surface area contributed by atoms with E-state index in [9.17, 15) is 5.26 Å². The zero-order valence-corrected chi connectivity index (χ0v) is 13.9. The molecule has 1 saturated heterocycles. The maximum absolute atomic E-state index is 9.34. The molecular formula is C13H16BrClN2OS. The van der Waals surface area contributed by atoms with E-state index in [2.05, 4.69) is 22.0 Å². The zero-order chi connectivity index (χ0) is 14.1. The molecule has 0 bridgehead atoms. The Bertz CT molecular complexity index is 503. The molecular weight excluding hydrogens is 348 g/mol. The van der Waals surface area contributed by atoms with Gasteiger partial charge in [0.2, 0.25) is 0 Å². The summed E-state index contributed by atoms with van der Waals surface area (Å²) in [5.74, 6) is 0. The molecule has 2 N–H and O–H groups in total. The van der Waals surface area contributed by atoms with E-state index in [1.165, 1.54) is 0 Å². The fourth-order valence-electron chi connectivity index (χ4n) is 2.29. The van der Waals surface area contributed by atoms with Crippen LogP contribution in [0.3, 0.4) is 0 Å². The molecule has 2 rings (SSSR count). The number of halogens is 2. The summed E-state index contributed by atoms with van der Waals surface area (Å²) in [6.07, 6.45) is 2.25. The first-order valence-electron chi connectivity index (χ1n) is 6.12. The second kappa shape index (κ2) is 5.71. The highest BCUT2D eigenvalue weighted by molar-refractivity contribution is 9.11. The second-order valence-electron chi connectivity index (χ2n) is 5.34. The highest BCUT2D eigenvalue weighted by atomic mass is 79.9. The molecule has 1 aliphatic rings. The number of hydrogen-bond donors (Lipinski definition) is 1. The molecule has 0 amide bonds.